The Kier molecular flexibility index (Phi) is 14.7. The quantitative estimate of drug-likeness (QED) is 0.368. The number of hydrogen-bond donors (Lipinski definition) is 2. The molecule has 0 aliphatic rings. The van der Waals surface area contributed by atoms with E-state index in [4.69, 9.17) is 9.79 Å². The third kappa shape index (κ3) is 16.3. The van der Waals surface area contributed by atoms with Crippen molar-refractivity contribution in [3.05, 3.63) is 0 Å². The van der Waals surface area contributed by atoms with Crippen molar-refractivity contribution in [2.45, 2.75) is 13.3 Å². The molecule has 0 spiro atoms. The number of nitrogens with zero attached hydrogens (tertiary/aromatic N) is 1. The molecular weight excluding hydrogens is 278 g/mol. The summed E-state index contributed by atoms with van der Waals surface area (Å²) in [5, 5.41) is 0. The molecule has 0 aromatic rings. The summed E-state index contributed by atoms with van der Waals surface area (Å²) in [6, 6.07) is 0. The van der Waals surface area contributed by atoms with Crippen LogP contribution in [0.15, 0.2) is 0 Å². The topological polar surface area (TPSA) is 124 Å². The first-order valence-electron chi connectivity index (χ1n) is 3.92. The third-order valence-electron chi connectivity index (χ3n) is 1.30. The van der Waals surface area contributed by atoms with Gasteiger partial charge in [-0.3, -0.25) is 4.90 Å². The van der Waals surface area contributed by atoms with Crippen LogP contribution in [0.2, 0.25) is 0 Å². The minimum atomic E-state index is -4.53. The van der Waals surface area contributed by atoms with E-state index in [2.05, 4.69) is 0 Å². The van der Waals surface area contributed by atoms with E-state index < -0.39 is 27.8 Å². The van der Waals surface area contributed by atoms with Crippen LogP contribution in [0, 0.1) is 0 Å². The van der Waals surface area contributed by atoms with Gasteiger partial charge in [0.1, 0.15) is 15.2 Å². The molecule has 2 N–H and O–H groups in total. The van der Waals surface area contributed by atoms with Crippen molar-refractivity contribution >= 4 is 15.2 Å². The fraction of sp³-hybridized carbons (Fsp3) is 1.00. The van der Waals surface area contributed by atoms with Gasteiger partial charge in [-0.15, -0.1) is 0 Å². The van der Waals surface area contributed by atoms with Crippen molar-refractivity contribution in [2.24, 2.45) is 0 Å². The molecule has 11 heteroatoms. The van der Waals surface area contributed by atoms with Crippen molar-refractivity contribution in [2.75, 3.05) is 19.1 Å². The zero-order chi connectivity index (χ0) is 11.4. The van der Waals surface area contributed by atoms with E-state index in [0.29, 0.717) is 6.42 Å². The molecule has 0 aliphatic carbocycles. The van der Waals surface area contributed by atoms with Gasteiger partial charge in [0, 0.05) is 0 Å². The van der Waals surface area contributed by atoms with Crippen LogP contribution in [0.5, 0.6) is 0 Å². The van der Waals surface area contributed by atoms with Crippen LogP contribution in [0.1, 0.15) is 13.3 Å². The fourth-order valence-electron chi connectivity index (χ4n) is 1.01. The minimum Gasteiger partial charge on any atom is -0.778 e. The first-order chi connectivity index (χ1) is 6.14. The first kappa shape index (κ1) is 23.4. The van der Waals surface area contributed by atoms with Crippen molar-refractivity contribution < 1.29 is 87.8 Å². The normalized spacial score (nSPS) is 17.9. The van der Waals surface area contributed by atoms with Gasteiger partial charge in [0.2, 0.25) is 0 Å². The van der Waals surface area contributed by atoms with Crippen molar-refractivity contribution in [1.82, 2.24) is 4.90 Å². The molecule has 2 atom stereocenters. The summed E-state index contributed by atoms with van der Waals surface area (Å²) in [5.74, 6) is 0. The van der Waals surface area contributed by atoms with Gasteiger partial charge in [-0.25, -0.2) is 0 Å². The maximum absolute atomic E-state index is 10.5. The summed E-state index contributed by atoms with van der Waals surface area (Å²) >= 11 is 0. The molecule has 2 unspecified atom stereocenters. The molecule has 0 saturated heterocycles. The molecule has 0 aromatic carbocycles. The molecule has 0 heterocycles. The van der Waals surface area contributed by atoms with Gasteiger partial charge in [0.25, 0.3) is 0 Å². The predicted octanol–water partition coefficient (Wildman–Crippen LogP) is -7.29. The van der Waals surface area contributed by atoms with E-state index in [1.807, 2.05) is 0 Å². The Hall–Kier alpha value is 2.26. The number of rotatable bonds is 6. The smallest absolute Gasteiger partial charge is 0.778 e. The first-order valence-corrected chi connectivity index (χ1v) is 7.44. The summed E-state index contributed by atoms with van der Waals surface area (Å²) < 4.78 is 20.9. The Morgan fingerprint density at radius 1 is 1.06 bits per heavy atom. The van der Waals surface area contributed by atoms with E-state index in [-0.39, 0.29) is 65.7 Å². The molecule has 0 aromatic heterocycles. The van der Waals surface area contributed by atoms with Crippen LogP contribution >= 0.6 is 15.2 Å². The van der Waals surface area contributed by atoms with Crippen LogP contribution in [-0.2, 0) is 9.13 Å². The standard InChI is InChI=1S/C5H15NO6P2.2Na/c1-2-3-6(4-13(7,8)9)5-14(10,11)12;;/h2-5H2,1H3,(H2,7,8,9)(H2,10,11,12);;/q;2*+1/p-2. The largest absolute Gasteiger partial charge is 1.00 e. The predicted molar refractivity (Wildman–Crippen MR) is 46.4 cm³/mol. The average Bonchev–Trinajstić information content (AvgIpc) is 1.78. The molecule has 16 heavy (non-hydrogen) atoms. The Morgan fingerprint density at radius 2 is 1.38 bits per heavy atom. The molecule has 7 nitrogen and oxygen atoms in total. The SMILES string of the molecule is CCCN(CP(=O)([O-])O)CP(=O)([O-])O.[Na+].[Na+]. The van der Waals surface area contributed by atoms with Gasteiger partial charge in [0.05, 0.1) is 12.6 Å². The summed E-state index contributed by atoms with van der Waals surface area (Å²) in [4.78, 5) is 38.9. The van der Waals surface area contributed by atoms with Gasteiger partial charge in [-0.1, -0.05) is 6.92 Å². The molecular formula is C5H13NNa2O6P2. The van der Waals surface area contributed by atoms with E-state index in [1.54, 1.807) is 6.92 Å². The molecule has 0 bridgehead atoms. The van der Waals surface area contributed by atoms with Crippen LogP contribution in [0.3, 0.4) is 0 Å². The fourth-order valence-corrected chi connectivity index (χ4v) is 2.66. The van der Waals surface area contributed by atoms with Crippen molar-refractivity contribution in [1.29, 1.82) is 0 Å². The van der Waals surface area contributed by atoms with Crippen LogP contribution in [-0.4, -0.2) is 33.8 Å². The Bertz CT molecular complexity index is 242. The number of hydrogen-bond acceptors (Lipinski definition) is 5. The average molecular weight is 291 g/mol. The van der Waals surface area contributed by atoms with Gasteiger partial charge >= 0.3 is 59.1 Å². The van der Waals surface area contributed by atoms with E-state index in [1.165, 1.54) is 0 Å². The van der Waals surface area contributed by atoms with Gasteiger partial charge in [-0.05, 0) is 13.0 Å². The second kappa shape index (κ2) is 10.1. The molecule has 0 fully saturated rings. The molecule has 0 rings (SSSR count). The third-order valence-corrected chi connectivity index (χ3v) is 2.81. The van der Waals surface area contributed by atoms with E-state index in [9.17, 15) is 18.9 Å². The maximum atomic E-state index is 10.5. The Morgan fingerprint density at radius 3 is 1.56 bits per heavy atom. The van der Waals surface area contributed by atoms with E-state index in [0.717, 1.165) is 4.90 Å². The summed E-state index contributed by atoms with van der Waals surface area (Å²) in [5.41, 5.74) is 0. The summed E-state index contributed by atoms with van der Waals surface area (Å²) in [6.45, 7) is 1.88. The van der Waals surface area contributed by atoms with Gasteiger partial charge in [-0.2, -0.15) is 0 Å². The maximum Gasteiger partial charge on any atom is 1.00 e. The second-order valence-electron chi connectivity index (χ2n) is 2.95. The van der Waals surface area contributed by atoms with Crippen LogP contribution in [0.4, 0.5) is 0 Å². The summed E-state index contributed by atoms with van der Waals surface area (Å²) in [6.07, 6.45) is -1.03. The van der Waals surface area contributed by atoms with Crippen LogP contribution < -0.4 is 68.9 Å². The second-order valence-corrected chi connectivity index (χ2v) is 6.07. The zero-order valence-corrected chi connectivity index (χ0v) is 15.5. The Balaban J connectivity index is -0.000000845. The van der Waals surface area contributed by atoms with Crippen molar-refractivity contribution in [3.63, 3.8) is 0 Å². The van der Waals surface area contributed by atoms with E-state index >= 15 is 0 Å². The van der Waals surface area contributed by atoms with Crippen molar-refractivity contribution in [3.8, 4) is 0 Å². The minimum absolute atomic E-state index is 0. The molecule has 0 aliphatic heterocycles. The van der Waals surface area contributed by atoms with Gasteiger partial charge < -0.3 is 28.7 Å². The monoisotopic (exact) mass is 291 g/mol. The summed E-state index contributed by atoms with van der Waals surface area (Å²) in [7, 11) is -9.07. The molecule has 0 saturated carbocycles. The molecule has 0 radical (unpaired) electrons. The van der Waals surface area contributed by atoms with Gasteiger partial charge in [0.15, 0.2) is 0 Å². The van der Waals surface area contributed by atoms with Crippen LogP contribution in [0.25, 0.3) is 0 Å². The molecule has 86 valence electrons. The zero-order valence-electron chi connectivity index (χ0n) is 9.70. The Labute approximate surface area is 139 Å². The molecule has 0 amide bonds.